The Morgan fingerprint density at radius 2 is 2.00 bits per heavy atom. The van der Waals surface area contributed by atoms with Crippen LogP contribution in [0.1, 0.15) is 6.92 Å². The van der Waals surface area contributed by atoms with E-state index in [1.807, 2.05) is 13.0 Å². The van der Waals surface area contributed by atoms with Crippen LogP contribution < -0.4 is 0 Å². The van der Waals surface area contributed by atoms with Crippen molar-refractivity contribution in [1.29, 1.82) is 0 Å². The quantitative estimate of drug-likeness (QED) is 0.276. The third-order valence-corrected chi connectivity index (χ3v) is 0.304. The average Bonchev–Trinajstić information content (AvgIpc) is 1.41. The zero-order chi connectivity index (χ0) is 4.12. The fourth-order valence-corrected chi connectivity index (χ4v) is 0.111. The Morgan fingerprint density at radius 1 is 1.50 bits per heavy atom. The van der Waals surface area contributed by atoms with E-state index in [1.54, 1.807) is 6.08 Å². The Morgan fingerprint density at radius 3 is 2.00 bits per heavy atom. The maximum atomic E-state index is 4.93. The van der Waals surface area contributed by atoms with Crippen molar-refractivity contribution < 1.29 is 21.7 Å². The molecule has 0 nitrogen and oxygen atoms in total. The van der Waals surface area contributed by atoms with Crippen LogP contribution in [0.3, 0.4) is 0 Å². The molecule has 0 aliphatic carbocycles. The summed E-state index contributed by atoms with van der Waals surface area (Å²) in [6, 6.07) is 0. The first kappa shape index (κ1) is 9.50. The summed E-state index contributed by atoms with van der Waals surface area (Å²) in [5, 5.41) is 0. The molecular formula is C5H7Ti+3. The van der Waals surface area contributed by atoms with Gasteiger partial charge in [-0.2, -0.15) is 6.08 Å². The Bertz CT molecular complexity index is 45.9. The summed E-state index contributed by atoms with van der Waals surface area (Å²) in [5.41, 5.74) is 0. The molecule has 0 fully saturated rings. The second-order valence-electron chi connectivity index (χ2n) is 0.718. The maximum Gasteiger partial charge on any atom is 4.00 e. The largest absolute Gasteiger partial charge is 4.00 e. The van der Waals surface area contributed by atoms with E-state index in [0.717, 1.165) is 0 Å². The van der Waals surface area contributed by atoms with E-state index in [-0.39, 0.29) is 21.7 Å². The minimum atomic E-state index is 0. The molecule has 0 bridgehead atoms. The SMILES string of the molecule is [CH-]=CC=CC.[Ti+4]. The van der Waals surface area contributed by atoms with Gasteiger partial charge in [0.05, 0.1) is 0 Å². The van der Waals surface area contributed by atoms with Crippen LogP contribution in [0.5, 0.6) is 0 Å². The van der Waals surface area contributed by atoms with Crippen LogP contribution >= 0.6 is 0 Å². The predicted octanol–water partition coefficient (Wildman–Crippen LogP) is 1.55. The van der Waals surface area contributed by atoms with Crippen LogP contribution in [0.2, 0.25) is 0 Å². The van der Waals surface area contributed by atoms with Gasteiger partial charge in [0.1, 0.15) is 0 Å². The van der Waals surface area contributed by atoms with E-state index in [4.69, 9.17) is 6.58 Å². The Hall–Kier alpha value is 0.194. The van der Waals surface area contributed by atoms with Gasteiger partial charge in [-0.1, -0.05) is 6.92 Å². The molecule has 0 saturated carbocycles. The molecule has 0 atom stereocenters. The van der Waals surface area contributed by atoms with Crippen molar-refractivity contribution in [3.05, 3.63) is 24.8 Å². The third kappa shape index (κ3) is 8.89. The number of rotatable bonds is 1. The number of allylic oxidation sites excluding steroid dienone is 3. The van der Waals surface area contributed by atoms with Crippen LogP contribution in [0, 0.1) is 6.58 Å². The maximum absolute atomic E-state index is 4.93. The molecule has 0 N–H and O–H groups in total. The fourth-order valence-electron chi connectivity index (χ4n) is 0.111. The van der Waals surface area contributed by atoms with Crippen molar-refractivity contribution in [2.45, 2.75) is 6.92 Å². The fraction of sp³-hybridized carbons (Fsp3) is 0.200. The second kappa shape index (κ2) is 8.96. The van der Waals surface area contributed by atoms with Crippen LogP contribution in [0.15, 0.2) is 18.2 Å². The minimum Gasteiger partial charge on any atom is -0.293 e. The summed E-state index contributed by atoms with van der Waals surface area (Å²) < 4.78 is 0. The van der Waals surface area contributed by atoms with Crippen molar-refractivity contribution in [3.8, 4) is 0 Å². The average molecular weight is 115 g/mol. The third-order valence-electron chi connectivity index (χ3n) is 0.304. The standard InChI is InChI=1S/C5H7.Ti/c1-3-5-4-2;/h1,3-5H,2H3;/q-1;+4. The van der Waals surface area contributed by atoms with Gasteiger partial charge in [-0.25, -0.2) is 12.2 Å². The van der Waals surface area contributed by atoms with E-state index >= 15 is 0 Å². The van der Waals surface area contributed by atoms with E-state index < -0.39 is 0 Å². The van der Waals surface area contributed by atoms with Crippen molar-refractivity contribution in [3.63, 3.8) is 0 Å². The molecule has 0 amide bonds. The smallest absolute Gasteiger partial charge is 0.293 e. The number of hydrogen-bond donors (Lipinski definition) is 0. The summed E-state index contributed by atoms with van der Waals surface area (Å²) in [6.45, 7) is 6.85. The van der Waals surface area contributed by atoms with Gasteiger partial charge in [-0.3, -0.25) is 6.58 Å². The molecule has 0 rings (SSSR count). The van der Waals surface area contributed by atoms with Crippen LogP contribution in [-0.2, 0) is 21.7 Å². The molecule has 0 radical (unpaired) electrons. The van der Waals surface area contributed by atoms with Gasteiger partial charge < -0.3 is 0 Å². The molecule has 0 spiro atoms. The van der Waals surface area contributed by atoms with Gasteiger partial charge >= 0.3 is 21.7 Å². The molecule has 28 valence electrons. The minimum absolute atomic E-state index is 0. The van der Waals surface area contributed by atoms with Gasteiger partial charge in [0.25, 0.3) is 0 Å². The Kier molecular flexibility index (Phi) is 14.2. The summed E-state index contributed by atoms with van der Waals surface area (Å²) in [7, 11) is 0. The molecule has 0 saturated heterocycles. The van der Waals surface area contributed by atoms with E-state index in [9.17, 15) is 0 Å². The van der Waals surface area contributed by atoms with Crippen molar-refractivity contribution in [1.82, 2.24) is 0 Å². The molecule has 1 heteroatoms. The number of hydrogen-bond acceptors (Lipinski definition) is 0. The van der Waals surface area contributed by atoms with Gasteiger partial charge in [-0.05, 0) is 0 Å². The molecule has 0 aromatic carbocycles. The molecule has 0 aliphatic heterocycles. The van der Waals surface area contributed by atoms with Gasteiger partial charge in [0.2, 0.25) is 0 Å². The Labute approximate surface area is 53.8 Å². The van der Waals surface area contributed by atoms with Crippen LogP contribution in [0.25, 0.3) is 0 Å². The van der Waals surface area contributed by atoms with Crippen molar-refractivity contribution >= 4 is 0 Å². The summed E-state index contributed by atoms with van der Waals surface area (Å²) in [5.74, 6) is 0. The predicted molar refractivity (Wildman–Crippen MR) is 23.7 cm³/mol. The first-order valence-electron chi connectivity index (χ1n) is 1.58. The van der Waals surface area contributed by atoms with E-state index in [0.29, 0.717) is 0 Å². The molecule has 6 heavy (non-hydrogen) atoms. The zero-order valence-electron chi connectivity index (χ0n) is 3.81. The van der Waals surface area contributed by atoms with Crippen molar-refractivity contribution in [2.24, 2.45) is 0 Å². The van der Waals surface area contributed by atoms with Gasteiger partial charge in [0.15, 0.2) is 0 Å². The molecule has 0 heterocycles. The molecule has 0 aliphatic rings. The topological polar surface area (TPSA) is 0 Å². The molecule has 0 aromatic heterocycles. The second-order valence-corrected chi connectivity index (χ2v) is 0.718. The summed E-state index contributed by atoms with van der Waals surface area (Å²) >= 11 is 0. The van der Waals surface area contributed by atoms with E-state index in [1.165, 1.54) is 6.08 Å². The Balaban J connectivity index is 0. The van der Waals surface area contributed by atoms with Gasteiger partial charge in [0, 0.05) is 0 Å². The summed E-state index contributed by atoms with van der Waals surface area (Å²) in [4.78, 5) is 0. The zero-order valence-corrected chi connectivity index (χ0v) is 5.37. The molecule has 0 aromatic rings. The van der Waals surface area contributed by atoms with Crippen LogP contribution in [-0.4, -0.2) is 0 Å². The summed E-state index contributed by atoms with van der Waals surface area (Å²) in [6.07, 6.45) is 5.15. The molecule has 0 unspecified atom stereocenters. The normalized spacial score (nSPS) is 7.50. The molecular weight excluding hydrogens is 108 g/mol. The van der Waals surface area contributed by atoms with Crippen molar-refractivity contribution in [2.75, 3.05) is 0 Å². The van der Waals surface area contributed by atoms with E-state index in [2.05, 4.69) is 0 Å². The first-order valence-corrected chi connectivity index (χ1v) is 1.58. The van der Waals surface area contributed by atoms with Crippen LogP contribution in [0.4, 0.5) is 0 Å². The first-order chi connectivity index (χ1) is 2.41. The van der Waals surface area contributed by atoms with Gasteiger partial charge in [-0.15, -0.1) is 0 Å². The monoisotopic (exact) mass is 115 g/mol.